The highest BCUT2D eigenvalue weighted by atomic mass is 35.5. The van der Waals surface area contributed by atoms with Crippen LogP contribution in [0.2, 0.25) is 15.1 Å². The number of sulfonamides is 1. The van der Waals surface area contributed by atoms with Gasteiger partial charge in [0.2, 0.25) is 21.8 Å². The van der Waals surface area contributed by atoms with Gasteiger partial charge in [0.05, 0.1) is 22.0 Å². The summed E-state index contributed by atoms with van der Waals surface area (Å²) in [6.45, 7) is 3.73. The number of anilines is 1. The SMILES string of the molecule is CCCCNC(=O)[C@H](Cc1ccccc1)N(Cc1ccc(Cl)c(Cl)c1)C(=O)CN(c1ccc(C)c(Cl)c1)S(C)(=O)=O. The lowest BCUT2D eigenvalue weighted by Gasteiger charge is -2.33. The number of benzene rings is 3. The van der Waals surface area contributed by atoms with Gasteiger partial charge in [0.15, 0.2) is 0 Å². The molecule has 3 rings (SSSR count). The number of aryl methyl sites for hydroxylation is 1. The molecule has 41 heavy (non-hydrogen) atoms. The molecule has 0 saturated heterocycles. The molecule has 0 unspecified atom stereocenters. The molecule has 0 saturated carbocycles. The van der Waals surface area contributed by atoms with Gasteiger partial charge in [-0.05, 0) is 54.3 Å². The molecular formula is C30H34Cl3N3O4S. The van der Waals surface area contributed by atoms with Gasteiger partial charge >= 0.3 is 0 Å². The molecule has 1 atom stereocenters. The Hall–Kier alpha value is -2.78. The van der Waals surface area contributed by atoms with Gasteiger partial charge in [-0.15, -0.1) is 0 Å². The Morgan fingerprint density at radius 3 is 2.22 bits per heavy atom. The van der Waals surface area contributed by atoms with Crippen molar-refractivity contribution >= 4 is 62.3 Å². The number of hydrogen-bond donors (Lipinski definition) is 1. The Bertz CT molecular complexity index is 1470. The first-order valence-electron chi connectivity index (χ1n) is 13.2. The van der Waals surface area contributed by atoms with E-state index in [1.807, 2.05) is 37.3 Å². The van der Waals surface area contributed by atoms with Gasteiger partial charge in [0, 0.05) is 24.5 Å². The topological polar surface area (TPSA) is 86.8 Å². The van der Waals surface area contributed by atoms with Crippen LogP contribution in [0.4, 0.5) is 5.69 Å². The molecule has 7 nitrogen and oxygen atoms in total. The zero-order chi connectivity index (χ0) is 30.2. The Balaban J connectivity index is 2.06. The molecular weight excluding hydrogens is 605 g/mol. The first-order chi connectivity index (χ1) is 19.4. The molecule has 0 heterocycles. The molecule has 0 aliphatic carbocycles. The predicted octanol–water partition coefficient (Wildman–Crippen LogP) is 6.28. The van der Waals surface area contributed by atoms with E-state index in [2.05, 4.69) is 5.32 Å². The molecule has 0 spiro atoms. The molecule has 1 N–H and O–H groups in total. The number of nitrogens with one attached hydrogen (secondary N) is 1. The second-order valence-electron chi connectivity index (χ2n) is 9.82. The maximum Gasteiger partial charge on any atom is 0.244 e. The average Bonchev–Trinajstić information content (AvgIpc) is 2.92. The third-order valence-corrected chi connectivity index (χ3v) is 8.85. The molecule has 11 heteroatoms. The maximum absolute atomic E-state index is 14.1. The van der Waals surface area contributed by atoms with Crippen molar-refractivity contribution in [2.75, 3.05) is 23.7 Å². The first kappa shape index (κ1) is 32.7. The fourth-order valence-electron chi connectivity index (χ4n) is 4.25. The number of unbranched alkanes of at least 4 members (excludes halogenated alkanes) is 1. The van der Waals surface area contributed by atoms with Gasteiger partial charge in [-0.1, -0.05) is 90.6 Å². The normalized spacial score (nSPS) is 12.0. The van der Waals surface area contributed by atoms with Crippen molar-refractivity contribution in [3.8, 4) is 0 Å². The third-order valence-electron chi connectivity index (χ3n) is 6.56. The quantitative estimate of drug-likeness (QED) is 0.223. The number of carbonyl (C=O) groups excluding carboxylic acids is 2. The molecule has 0 radical (unpaired) electrons. The summed E-state index contributed by atoms with van der Waals surface area (Å²) < 4.78 is 26.8. The van der Waals surface area contributed by atoms with Crippen molar-refractivity contribution in [3.63, 3.8) is 0 Å². The Morgan fingerprint density at radius 1 is 0.902 bits per heavy atom. The molecule has 0 fully saturated rings. The number of rotatable bonds is 13. The summed E-state index contributed by atoms with van der Waals surface area (Å²) in [5.74, 6) is -0.898. The summed E-state index contributed by atoms with van der Waals surface area (Å²) in [6.07, 6.45) is 2.91. The highest BCUT2D eigenvalue weighted by molar-refractivity contribution is 7.92. The van der Waals surface area contributed by atoms with Crippen LogP contribution in [-0.4, -0.2) is 50.5 Å². The Morgan fingerprint density at radius 2 is 1.61 bits per heavy atom. The predicted molar refractivity (Wildman–Crippen MR) is 167 cm³/mol. The van der Waals surface area contributed by atoms with E-state index in [0.717, 1.165) is 34.5 Å². The van der Waals surface area contributed by atoms with Crippen molar-refractivity contribution in [2.45, 2.75) is 45.7 Å². The van der Waals surface area contributed by atoms with Gasteiger partial charge in [-0.3, -0.25) is 13.9 Å². The van der Waals surface area contributed by atoms with Crippen LogP contribution < -0.4 is 9.62 Å². The zero-order valence-corrected chi connectivity index (χ0v) is 26.3. The van der Waals surface area contributed by atoms with Gasteiger partial charge in [-0.2, -0.15) is 0 Å². The summed E-state index contributed by atoms with van der Waals surface area (Å²) in [5, 5.41) is 3.97. The lowest BCUT2D eigenvalue weighted by molar-refractivity contribution is -0.140. The van der Waals surface area contributed by atoms with Crippen molar-refractivity contribution in [1.29, 1.82) is 0 Å². The second kappa shape index (κ2) is 14.9. The average molecular weight is 639 g/mol. The molecule has 0 aliphatic heterocycles. The van der Waals surface area contributed by atoms with E-state index in [0.29, 0.717) is 27.2 Å². The molecule has 3 aromatic rings. The summed E-state index contributed by atoms with van der Waals surface area (Å²) in [7, 11) is -3.90. The highest BCUT2D eigenvalue weighted by Gasteiger charge is 2.33. The fourth-order valence-corrected chi connectivity index (χ4v) is 5.58. The van der Waals surface area contributed by atoms with Gasteiger partial charge < -0.3 is 10.2 Å². The number of amides is 2. The minimum atomic E-state index is -3.90. The van der Waals surface area contributed by atoms with E-state index < -0.39 is 28.5 Å². The van der Waals surface area contributed by atoms with Crippen molar-refractivity contribution in [3.05, 3.63) is 98.5 Å². The fraction of sp³-hybridized carbons (Fsp3) is 0.333. The third kappa shape index (κ3) is 9.36. The van der Waals surface area contributed by atoms with Crippen LogP contribution >= 0.6 is 34.8 Å². The number of carbonyl (C=O) groups is 2. The molecule has 0 aliphatic rings. The van der Waals surface area contributed by atoms with E-state index in [4.69, 9.17) is 34.8 Å². The lowest BCUT2D eigenvalue weighted by atomic mass is 10.0. The van der Waals surface area contributed by atoms with Crippen LogP contribution in [0.1, 0.15) is 36.5 Å². The number of halogens is 3. The Labute approximate surface area is 257 Å². The van der Waals surface area contributed by atoms with Crippen molar-refractivity contribution in [2.24, 2.45) is 0 Å². The van der Waals surface area contributed by atoms with E-state index in [1.165, 1.54) is 11.0 Å². The van der Waals surface area contributed by atoms with E-state index in [-0.39, 0.29) is 24.6 Å². The van der Waals surface area contributed by atoms with E-state index in [1.54, 1.807) is 37.3 Å². The molecule has 0 aromatic heterocycles. The summed E-state index contributed by atoms with van der Waals surface area (Å²) in [5.41, 5.74) is 2.50. The summed E-state index contributed by atoms with van der Waals surface area (Å²) >= 11 is 18.7. The largest absolute Gasteiger partial charge is 0.354 e. The van der Waals surface area contributed by atoms with Gasteiger partial charge in [0.25, 0.3) is 0 Å². The summed E-state index contributed by atoms with van der Waals surface area (Å²) in [6, 6.07) is 18.2. The van der Waals surface area contributed by atoms with Crippen LogP contribution in [0, 0.1) is 6.92 Å². The van der Waals surface area contributed by atoms with Crippen molar-refractivity contribution in [1.82, 2.24) is 10.2 Å². The van der Waals surface area contributed by atoms with Crippen LogP contribution in [-0.2, 0) is 32.6 Å². The van der Waals surface area contributed by atoms with Crippen LogP contribution in [0.3, 0.4) is 0 Å². The maximum atomic E-state index is 14.1. The smallest absolute Gasteiger partial charge is 0.244 e. The standard InChI is InChI=1S/C30H34Cl3N3O4S/c1-4-5-15-34-30(38)28(17-22-9-7-6-8-10-22)35(19-23-12-14-25(31)27(33)16-23)29(37)20-36(41(3,39)40)24-13-11-21(2)26(32)18-24/h6-14,16,18,28H,4-5,15,17,19-20H2,1-3H3,(H,34,38)/t28-/m0/s1. The van der Waals surface area contributed by atoms with Gasteiger partial charge in [-0.25, -0.2) is 8.42 Å². The van der Waals surface area contributed by atoms with Crippen molar-refractivity contribution < 1.29 is 18.0 Å². The molecule has 2 amide bonds. The summed E-state index contributed by atoms with van der Waals surface area (Å²) in [4.78, 5) is 29.1. The Kier molecular flexibility index (Phi) is 11.9. The van der Waals surface area contributed by atoms with Crippen LogP contribution in [0.25, 0.3) is 0 Å². The van der Waals surface area contributed by atoms with E-state index >= 15 is 0 Å². The lowest BCUT2D eigenvalue weighted by Crippen LogP contribution is -2.53. The first-order valence-corrected chi connectivity index (χ1v) is 16.2. The van der Waals surface area contributed by atoms with E-state index in [9.17, 15) is 18.0 Å². The molecule has 0 bridgehead atoms. The number of hydrogen-bond acceptors (Lipinski definition) is 4. The minimum absolute atomic E-state index is 0.000671. The highest BCUT2D eigenvalue weighted by Crippen LogP contribution is 2.27. The zero-order valence-electron chi connectivity index (χ0n) is 23.2. The second-order valence-corrected chi connectivity index (χ2v) is 13.0. The van der Waals surface area contributed by atoms with Crippen LogP contribution in [0.15, 0.2) is 66.7 Å². The molecule has 220 valence electrons. The van der Waals surface area contributed by atoms with Crippen LogP contribution in [0.5, 0.6) is 0 Å². The number of nitrogens with zero attached hydrogens (tertiary/aromatic N) is 2. The van der Waals surface area contributed by atoms with Gasteiger partial charge in [0.1, 0.15) is 12.6 Å². The minimum Gasteiger partial charge on any atom is -0.354 e. The molecule has 3 aromatic carbocycles. The monoisotopic (exact) mass is 637 g/mol.